The molecule has 1 amide bonds. The van der Waals surface area contributed by atoms with Crippen molar-refractivity contribution in [3.8, 4) is 0 Å². The van der Waals surface area contributed by atoms with Crippen LogP contribution in [-0.4, -0.2) is 56.6 Å². The number of nitrogens with zero attached hydrogens (tertiary/aromatic N) is 1. The minimum absolute atomic E-state index is 0.00474. The smallest absolute Gasteiger partial charge is 0.325 e. The molecule has 0 spiro atoms. The van der Waals surface area contributed by atoms with E-state index in [2.05, 4.69) is 5.32 Å². The Balaban J connectivity index is 1.93. The number of rotatable bonds is 10. The second-order valence-electron chi connectivity index (χ2n) is 6.25. The van der Waals surface area contributed by atoms with Gasteiger partial charge in [-0.3, -0.25) is 14.4 Å². The molecule has 0 aliphatic carbocycles. The van der Waals surface area contributed by atoms with Crippen molar-refractivity contribution in [3.05, 3.63) is 65.7 Å². The predicted molar refractivity (Wildman–Crippen MR) is 111 cm³/mol. The minimum Gasteiger partial charge on any atom is -0.456 e. The fourth-order valence-electron chi connectivity index (χ4n) is 2.67. The Morgan fingerprint density at radius 2 is 1.57 bits per heavy atom. The molecule has 0 saturated carbocycles. The molecule has 160 valence electrons. The van der Waals surface area contributed by atoms with Crippen LogP contribution in [0.25, 0.3) is 0 Å². The Kier molecular flexibility index (Phi) is 8.25. The molecule has 0 saturated heterocycles. The maximum absolute atomic E-state index is 12.6. The summed E-state index contributed by atoms with van der Waals surface area (Å²) in [5.41, 5.74) is 0.511. The summed E-state index contributed by atoms with van der Waals surface area (Å²) in [6, 6.07) is 14.0. The molecule has 0 atom stereocenters. The third-order valence-corrected chi connectivity index (χ3v) is 6.34. The number of ether oxygens (including phenoxy) is 1. The lowest BCUT2D eigenvalue weighted by atomic mass is 10.1. The van der Waals surface area contributed by atoms with Gasteiger partial charge in [0, 0.05) is 24.2 Å². The summed E-state index contributed by atoms with van der Waals surface area (Å²) in [5, 5.41) is 2.36. The van der Waals surface area contributed by atoms with Crippen LogP contribution in [0.15, 0.2) is 59.5 Å². The molecule has 2 aromatic rings. The molecule has 30 heavy (non-hydrogen) atoms. The van der Waals surface area contributed by atoms with E-state index in [-0.39, 0.29) is 16.2 Å². The Morgan fingerprint density at radius 1 is 0.933 bits per heavy atom. The highest BCUT2D eigenvalue weighted by atomic mass is 32.2. The van der Waals surface area contributed by atoms with Gasteiger partial charge in [0.2, 0.25) is 10.0 Å². The summed E-state index contributed by atoms with van der Waals surface area (Å²) in [7, 11) is -3.71. The Hall–Kier alpha value is -3.04. The number of sulfonamides is 1. The molecule has 0 heterocycles. The highest BCUT2D eigenvalue weighted by Crippen LogP contribution is 2.17. The third kappa shape index (κ3) is 5.98. The van der Waals surface area contributed by atoms with Crippen molar-refractivity contribution in [1.82, 2.24) is 9.62 Å². The van der Waals surface area contributed by atoms with Crippen LogP contribution in [0, 0.1) is 0 Å². The zero-order valence-electron chi connectivity index (χ0n) is 16.8. The largest absolute Gasteiger partial charge is 0.456 e. The number of carbonyl (C=O) groups excluding carboxylic acids is 3. The summed E-state index contributed by atoms with van der Waals surface area (Å²) >= 11 is 0. The number of esters is 1. The number of hydrogen-bond donors (Lipinski definition) is 1. The molecule has 0 aromatic heterocycles. The summed E-state index contributed by atoms with van der Waals surface area (Å²) in [4.78, 5) is 36.0. The zero-order valence-corrected chi connectivity index (χ0v) is 17.6. The number of Topliss-reactive ketones (excluding diaryl/α,β-unsaturated/α-hetero) is 1. The molecule has 0 unspecified atom stereocenters. The first kappa shape index (κ1) is 23.2. The summed E-state index contributed by atoms with van der Waals surface area (Å²) in [6.07, 6.45) is 0. The monoisotopic (exact) mass is 432 g/mol. The van der Waals surface area contributed by atoms with E-state index in [9.17, 15) is 22.8 Å². The Labute approximate surface area is 175 Å². The molecule has 0 aliphatic rings. The number of amides is 1. The van der Waals surface area contributed by atoms with E-state index in [0.717, 1.165) is 0 Å². The van der Waals surface area contributed by atoms with Crippen molar-refractivity contribution in [2.75, 3.05) is 26.2 Å². The maximum Gasteiger partial charge on any atom is 0.325 e. The molecular formula is C21H24N2O6S. The number of nitrogens with one attached hydrogen (secondary N) is 1. The van der Waals surface area contributed by atoms with Crippen LogP contribution >= 0.6 is 0 Å². The molecule has 1 N–H and O–H groups in total. The number of ketones is 1. The average molecular weight is 432 g/mol. The summed E-state index contributed by atoms with van der Waals surface area (Å²) in [5.74, 6) is -1.76. The zero-order chi connectivity index (χ0) is 22.1. The maximum atomic E-state index is 12.6. The van der Waals surface area contributed by atoms with Gasteiger partial charge in [0.25, 0.3) is 5.91 Å². The van der Waals surface area contributed by atoms with Gasteiger partial charge in [-0.15, -0.1) is 0 Å². The first-order valence-corrected chi connectivity index (χ1v) is 10.9. The van der Waals surface area contributed by atoms with Gasteiger partial charge in [0.1, 0.15) is 6.54 Å². The van der Waals surface area contributed by atoms with Gasteiger partial charge in [-0.25, -0.2) is 8.42 Å². The van der Waals surface area contributed by atoms with E-state index >= 15 is 0 Å². The molecule has 0 fully saturated rings. The van der Waals surface area contributed by atoms with Crippen LogP contribution in [0.4, 0.5) is 0 Å². The van der Waals surface area contributed by atoms with Crippen LogP contribution in [-0.2, 0) is 19.6 Å². The van der Waals surface area contributed by atoms with Gasteiger partial charge in [0.15, 0.2) is 12.4 Å². The molecule has 9 heteroatoms. The number of carbonyl (C=O) groups is 3. The number of benzene rings is 2. The van der Waals surface area contributed by atoms with Gasteiger partial charge < -0.3 is 10.1 Å². The quantitative estimate of drug-likeness (QED) is 0.453. The Bertz CT molecular complexity index is 1000. The van der Waals surface area contributed by atoms with Crippen molar-refractivity contribution in [2.24, 2.45) is 0 Å². The van der Waals surface area contributed by atoms with Gasteiger partial charge in [-0.1, -0.05) is 50.2 Å². The standard InChI is InChI=1S/C21H24N2O6S/c1-3-23(4-2)30(27,28)18-12-8-11-17(13-18)21(26)22-14-20(25)29-15-19(24)16-9-6-5-7-10-16/h5-13H,3-4,14-15H2,1-2H3,(H,22,26). The number of hydrogen-bond acceptors (Lipinski definition) is 6. The molecule has 0 radical (unpaired) electrons. The lowest BCUT2D eigenvalue weighted by Gasteiger charge is -2.18. The lowest BCUT2D eigenvalue weighted by Crippen LogP contribution is -2.32. The molecule has 2 aromatic carbocycles. The van der Waals surface area contributed by atoms with Crippen molar-refractivity contribution in [1.29, 1.82) is 0 Å². The highest BCUT2D eigenvalue weighted by molar-refractivity contribution is 7.89. The molecule has 0 bridgehead atoms. The van der Waals surface area contributed by atoms with Crippen molar-refractivity contribution in [2.45, 2.75) is 18.7 Å². The van der Waals surface area contributed by atoms with Crippen LogP contribution < -0.4 is 5.32 Å². The second kappa shape index (κ2) is 10.7. The Morgan fingerprint density at radius 3 is 2.20 bits per heavy atom. The van der Waals surface area contributed by atoms with Crippen LogP contribution in [0.5, 0.6) is 0 Å². The van der Waals surface area contributed by atoms with E-state index < -0.39 is 35.1 Å². The van der Waals surface area contributed by atoms with E-state index in [4.69, 9.17) is 4.74 Å². The van der Waals surface area contributed by atoms with Gasteiger partial charge >= 0.3 is 5.97 Å². The third-order valence-electron chi connectivity index (χ3n) is 4.29. The topological polar surface area (TPSA) is 110 Å². The normalized spacial score (nSPS) is 11.2. The van der Waals surface area contributed by atoms with Crippen molar-refractivity contribution >= 4 is 27.7 Å². The average Bonchev–Trinajstić information content (AvgIpc) is 2.77. The van der Waals surface area contributed by atoms with E-state index in [1.807, 2.05) is 0 Å². The fraction of sp³-hybridized carbons (Fsp3) is 0.286. The highest BCUT2D eigenvalue weighted by Gasteiger charge is 2.22. The van der Waals surface area contributed by atoms with Crippen LogP contribution in [0.1, 0.15) is 34.6 Å². The van der Waals surface area contributed by atoms with Gasteiger partial charge in [0.05, 0.1) is 4.90 Å². The van der Waals surface area contributed by atoms with E-state index in [1.54, 1.807) is 44.2 Å². The van der Waals surface area contributed by atoms with Crippen molar-refractivity contribution in [3.63, 3.8) is 0 Å². The fourth-order valence-corrected chi connectivity index (χ4v) is 4.17. The molecule has 2 rings (SSSR count). The van der Waals surface area contributed by atoms with Gasteiger partial charge in [-0.05, 0) is 18.2 Å². The summed E-state index contributed by atoms with van der Waals surface area (Å²) in [6.45, 7) is 3.19. The van der Waals surface area contributed by atoms with Crippen LogP contribution in [0.3, 0.4) is 0 Å². The van der Waals surface area contributed by atoms with Gasteiger partial charge in [-0.2, -0.15) is 4.31 Å². The minimum atomic E-state index is -3.71. The molecule has 8 nitrogen and oxygen atoms in total. The lowest BCUT2D eigenvalue weighted by molar-refractivity contribution is -0.141. The summed E-state index contributed by atoms with van der Waals surface area (Å²) < 4.78 is 31.3. The second-order valence-corrected chi connectivity index (χ2v) is 8.19. The first-order chi connectivity index (χ1) is 14.3. The van der Waals surface area contributed by atoms with E-state index in [1.165, 1.54) is 28.6 Å². The van der Waals surface area contributed by atoms with Crippen molar-refractivity contribution < 1.29 is 27.5 Å². The molecule has 0 aliphatic heterocycles. The molecular weight excluding hydrogens is 408 g/mol. The SMILES string of the molecule is CCN(CC)S(=O)(=O)c1cccc(C(=O)NCC(=O)OCC(=O)c2ccccc2)c1. The van der Waals surface area contributed by atoms with E-state index in [0.29, 0.717) is 18.7 Å². The van der Waals surface area contributed by atoms with Crippen LogP contribution in [0.2, 0.25) is 0 Å². The predicted octanol–water partition coefficient (Wildman–Crippen LogP) is 1.87. The first-order valence-electron chi connectivity index (χ1n) is 9.41.